The molecule has 6 heteroatoms. The van der Waals surface area contributed by atoms with E-state index in [1.807, 2.05) is 6.07 Å². The normalized spacial score (nSPS) is 10.6. The van der Waals surface area contributed by atoms with Gasteiger partial charge in [0.05, 0.1) is 5.52 Å². The third-order valence-electron chi connectivity index (χ3n) is 1.84. The Morgan fingerprint density at radius 3 is 3.21 bits per heavy atom. The zero-order valence-electron chi connectivity index (χ0n) is 7.23. The fourth-order valence-corrected chi connectivity index (χ4v) is 1.55. The van der Waals surface area contributed by atoms with Gasteiger partial charge in [0.25, 0.3) is 0 Å². The highest BCUT2D eigenvalue weighted by atomic mass is 32.1. The number of primary amides is 1. The Balaban J connectivity index is 2.68. The fourth-order valence-electron chi connectivity index (χ4n) is 1.29. The van der Waals surface area contributed by atoms with Crippen LogP contribution in [-0.2, 0) is 11.3 Å². The second kappa shape index (κ2) is 3.22. The number of nitrogens with two attached hydrogens (primary N) is 1. The molecule has 5 nitrogen and oxygen atoms in total. The van der Waals surface area contributed by atoms with Crippen molar-refractivity contribution in [1.29, 1.82) is 0 Å². The molecule has 2 rings (SSSR count). The fraction of sp³-hybridized carbons (Fsp3) is 0.125. The van der Waals surface area contributed by atoms with Crippen molar-refractivity contribution in [1.82, 2.24) is 14.5 Å². The van der Waals surface area contributed by atoms with E-state index in [-0.39, 0.29) is 6.54 Å². The summed E-state index contributed by atoms with van der Waals surface area (Å²) in [6.45, 7) is 0.0514. The molecule has 2 heterocycles. The molecule has 2 aromatic rings. The number of fused-ring (bicyclic) bond motifs is 1. The number of aromatic nitrogens is 3. The molecule has 0 aliphatic heterocycles. The molecule has 0 aliphatic rings. The van der Waals surface area contributed by atoms with Crippen LogP contribution in [-0.4, -0.2) is 20.4 Å². The lowest BCUT2D eigenvalue weighted by Gasteiger charge is -1.98. The Hall–Kier alpha value is -1.69. The van der Waals surface area contributed by atoms with Crippen LogP contribution < -0.4 is 5.73 Å². The molecule has 0 atom stereocenters. The second-order valence-electron chi connectivity index (χ2n) is 2.86. The van der Waals surface area contributed by atoms with Crippen molar-refractivity contribution in [2.45, 2.75) is 6.54 Å². The first kappa shape index (κ1) is 8.89. The van der Waals surface area contributed by atoms with Crippen molar-refractivity contribution in [3.8, 4) is 0 Å². The van der Waals surface area contributed by atoms with Gasteiger partial charge < -0.3 is 10.7 Å². The zero-order valence-corrected chi connectivity index (χ0v) is 8.04. The Morgan fingerprint density at radius 1 is 1.71 bits per heavy atom. The minimum absolute atomic E-state index is 0.0514. The van der Waals surface area contributed by atoms with E-state index < -0.39 is 5.91 Å². The van der Waals surface area contributed by atoms with Gasteiger partial charge in [-0.1, -0.05) is 0 Å². The standard InChI is InChI=1S/C8H8N4OS/c9-6(13)4-12-7-5(11-8(12)14)2-1-3-10-7/h1-3H,4H2,(H2,9,13)(H,11,14). The number of nitrogens with one attached hydrogen (secondary N) is 1. The summed E-state index contributed by atoms with van der Waals surface area (Å²) < 4.78 is 2.03. The van der Waals surface area contributed by atoms with Crippen LogP contribution in [0, 0.1) is 4.77 Å². The predicted molar refractivity (Wildman–Crippen MR) is 54.1 cm³/mol. The number of nitrogens with zero attached hydrogens (tertiary/aromatic N) is 2. The van der Waals surface area contributed by atoms with Gasteiger partial charge in [-0.25, -0.2) is 4.98 Å². The van der Waals surface area contributed by atoms with Crippen LogP contribution in [0.5, 0.6) is 0 Å². The van der Waals surface area contributed by atoms with Crippen LogP contribution in [0.2, 0.25) is 0 Å². The Labute approximate surface area is 84.6 Å². The van der Waals surface area contributed by atoms with Gasteiger partial charge in [-0.2, -0.15) is 0 Å². The predicted octanol–water partition coefficient (Wildman–Crippen LogP) is 0.579. The SMILES string of the molecule is NC(=O)Cn1c(=S)[nH]c2cccnc21. The van der Waals surface area contributed by atoms with E-state index in [2.05, 4.69) is 9.97 Å². The first-order chi connectivity index (χ1) is 6.68. The molecule has 72 valence electrons. The van der Waals surface area contributed by atoms with Gasteiger partial charge in [0, 0.05) is 6.20 Å². The summed E-state index contributed by atoms with van der Waals surface area (Å²) in [7, 11) is 0. The Bertz CT molecular complexity index is 542. The topological polar surface area (TPSA) is 76.7 Å². The molecule has 2 aromatic heterocycles. The lowest BCUT2D eigenvalue weighted by molar-refractivity contribution is -0.118. The number of amides is 1. The maximum atomic E-state index is 10.8. The molecule has 0 radical (unpaired) electrons. The average molecular weight is 208 g/mol. The van der Waals surface area contributed by atoms with E-state index in [4.69, 9.17) is 18.0 Å². The number of pyridine rings is 1. The summed E-state index contributed by atoms with van der Waals surface area (Å²) in [5.41, 5.74) is 6.55. The lowest BCUT2D eigenvalue weighted by atomic mass is 10.4. The Morgan fingerprint density at radius 2 is 2.50 bits per heavy atom. The van der Waals surface area contributed by atoms with E-state index in [1.54, 1.807) is 16.8 Å². The molecule has 0 saturated carbocycles. The van der Waals surface area contributed by atoms with Crippen LogP contribution in [0.1, 0.15) is 0 Å². The van der Waals surface area contributed by atoms with E-state index >= 15 is 0 Å². The van der Waals surface area contributed by atoms with Crippen molar-refractivity contribution in [3.05, 3.63) is 23.1 Å². The Kier molecular flexibility index (Phi) is 2.05. The quantitative estimate of drug-likeness (QED) is 0.709. The molecule has 0 spiro atoms. The smallest absolute Gasteiger partial charge is 0.237 e. The molecule has 0 fully saturated rings. The monoisotopic (exact) mass is 208 g/mol. The molecule has 0 aliphatic carbocycles. The van der Waals surface area contributed by atoms with Gasteiger partial charge in [-0.3, -0.25) is 9.36 Å². The number of aromatic amines is 1. The summed E-state index contributed by atoms with van der Waals surface area (Å²) in [6.07, 6.45) is 1.64. The number of carbonyl (C=O) groups excluding carboxylic acids is 1. The van der Waals surface area contributed by atoms with Crippen molar-refractivity contribution in [2.24, 2.45) is 5.73 Å². The summed E-state index contributed by atoms with van der Waals surface area (Å²) in [5, 5.41) is 0. The summed E-state index contributed by atoms with van der Waals surface area (Å²) >= 11 is 5.03. The number of H-pyrrole nitrogens is 1. The molecular weight excluding hydrogens is 200 g/mol. The summed E-state index contributed by atoms with van der Waals surface area (Å²) in [6, 6.07) is 3.64. The highest BCUT2D eigenvalue weighted by molar-refractivity contribution is 7.71. The van der Waals surface area contributed by atoms with Crippen LogP contribution in [0.4, 0.5) is 0 Å². The molecule has 1 amide bonds. The first-order valence-corrected chi connectivity index (χ1v) is 4.41. The number of rotatable bonds is 2. The molecule has 0 unspecified atom stereocenters. The average Bonchev–Trinajstić information content (AvgIpc) is 2.43. The van der Waals surface area contributed by atoms with E-state index in [0.29, 0.717) is 10.4 Å². The van der Waals surface area contributed by atoms with Crippen molar-refractivity contribution in [2.75, 3.05) is 0 Å². The van der Waals surface area contributed by atoms with E-state index in [1.165, 1.54) is 0 Å². The lowest BCUT2D eigenvalue weighted by Crippen LogP contribution is -2.18. The molecule has 14 heavy (non-hydrogen) atoms. The second-order valence-corrected chi connectivity index (χ2v) is 3.24. The van der Waals surface area contributed by atoms with Gasteiger partial charge in [-0.15, -0.1) is 0 Å². The van der Waals surface area contributed by atoms with Crippen molar-refractivity contribution in [3.63, 3.8) is 0 Å². The van der Waals surface area contributed by atoms with E-state index in [9.17, 15) is 4.79 Å². The summed E-state index contributed by atoms with van der Waals surface area (Å²) in [4.78, 5) is 17.8. The molecular formula is C8H8N4OS. The zero-order chi connectivity index (χ0) is 10.1. The van der Waals surface area contributed by atoms with Crippen LogP contribution >= 0.6 is 12.2 Å². The number of imidazole rings is 1. The third-order valence-corrected chi connectivity index (χ3v) is 2.17. The number of hydrogen-bond donors (Lipinski definition) is 2. The maximum absolute atomic E-state index is 10.8. The first-order valence-electron chi connectivity index (χ1n) is 4.00. The van der Waals surface area contributed by atoms with Crippen LogP contribution in [0.15, 0.2) is 18.3 Å². The largest absolute Gasteiger partial charge is 0.368 e. The van der Waals surface area contributed by atoms with Crippen molar-refractivity contribution >= 4 is 29.3 Å². The van der Waals surface area contributed by atoms with Gasteiger partial charge in [0.15, 0.2) is 10.4 Å². The van der Waals surface area contributed by atoms with Gasteiger partial charge in [0.1, 0.15) is 6.54 Å². The molecule has 0 bridgehead atoms. The van der Waals surface area contributed by atoms with Crippen LogP contribution in [0.3, 0.4) is 0 Å². The summed E-state index contributed by atoms with van der Waals surface area (Å²) in [5.74, 6) is -0.437. The number of carbonyl (C=O) groups is 1. The van der Waals surface area contributed by atoms with Gasteiger partial charge in [0.2, 0.25) is 5.91 Å². The van der Waals surface area contributed by atoms with Gasteiger partial charge >= 0.3 is 0 Å². The highest BCUT2D eigenvalue weighted by Crippen LogP contribution is 2.09. The minimum atomic E-state index is -0.437. The molecule has 3 N–H and O–H groups in total. The number of hydrogen-bond acceptors (Lipinski definition) is 3. The third kappa shape index (κ3) is 1.39. The highest BCUT2D eigenvalue weighted by Gasteiger charge is 2.06. The van der Waals surface area contributed by atoms with Crippen LogP contribution in [0.25, 0.3) is 11.2 Å². The molecule has 0 aromatic carbocycles. The van der Waals surface area contributed by atoms with Crippen molar-refractivity contribution < 1.29 is 4.79 Å². The molecule has 0 saturated heterocycles. The van der Waals surface area contributed by atoms with E-state index in [0.717, 1.165) is 5.52 Å². The minimum Gasteiger partial charge on any atom is -0.368 e. The van der Waals surface area contributed by atoms with Gasteiger partial charge in [-0.05, 0) is 24.4 Å². The maximum Gasteiger partial charge on any atom is 0.237 e.